The fourth-order valence-corrected chi connectivity index (χ4v) is 7.91. The molecule has 0 rings (SSSR count). The maximum atomic E-state index is 12.5. The summed E-state index contributed by atoms with van der Waals surface area (Å²) in [5, 5.41) is 13.2. The summed E-state index contributed by atoms with van der Waals surface area (Å²) < 4.78 is 32.5. The topological polar surface area (TPSA) is 104 Å². The van der Waals surface area contributed by atoms with E-state index in [1.165, 1.54) is 192 Å². The highest BCUT2D eigenvalue weighted by Gasteiger charge is 2.24. The highest BCUT2D eigenvalue weighted by molar-refractivity contribution is 7.85. The van der Waals surface area contributed by atoms with Crippen LogP contribution in [0.1, 0.15) is 245 Å². The first-order chi connectivity index (χ1) is 25.8. The lowest BCUT2D eigenvalue weighted by atomic mass is 10.0. The number of nitrogens with one attached hydrogen (secondary N) is 1. The minimum absolute atomic E-state index is 0.283. The van der Waals surface area contributed by atoms with E-state index >= 15 is 0 Å². The van der Waals surface area contributed by atoms with E-state index in [1.807, 2.05) is 6.08 Å². The van der Waals surface area contributed by atoms with Gasteiger partial charge in [-0.1, -0.05) is 231 Å². The van der Waals surface area contributed by atoms with Crippen molar-refractivity contribution in [3.8, 4) is 0 Å². The van der Waals surface area contributed by atoms with Crippen LogP contribution in [0.4, 0.5) is 0 Å². The van der Waals surface area contributed by atoms with Crippen molar-refractivity contribution in [2.24, 2.45) is 0 Å². The SMILES string of the molecule is CCCCCCCCCCC/C=C/CC/C=C/C(O)C(CS(=O)(=O)O)NC(=O)CCCCCCCCCCCCCCCCCCCCCCCCC. The number of allylic oxidation sites excluding steroid dienone is 3. The van der Waals surface area contributed by atoms with E-state index in [0.29, 0.717) is 6.42 Å². The summed E-state index contributed by atoms with van der Waals surface area (Å²) in [6, 6.07) is -1.07. The van der Waals surface area contributed by atoms with Gasteiger partial charge in [0.1, 0.15) is 0 Å². The van der Waals surface area contributed by atoms with E-state index in [9.17, 15) is 22.9 Å². The second-order valence-electron chi connectivity index (χ2n) is 16.0. The van der Waals surface area contributed by atoms with Gasteiger partial charge in [0.15, 0.2) is 0 Å². The summed E-state index contributed by atoms with van der Waals surface area (Å²) in [5.41, 5.74) is 0. The number of rotatable bonds is 42. The lowest BCUT2D eigenvalue weighted by Gasteiger charge is -2.21. The Morgan fingerprint density at radius 2 is 0.811 bits per heavy atom. The normalized spacial score (nSPS) is 13.4. The maximum Gasteiger partial charge on any atom is 0.267 e. The van der Waals surface area contributed by atoms with Crippen LogP contribution < -0.4 is 5.32 Å². The predicted octanol–water partition coefficient (Wildman–Crippen LogP) is 13.9. The fraction of sp³-hybridized carbons (Fsp3) is 0.891. The van der Waals surface area contributed by atoms with Gasteiger partial charge in [0.2, 0.25) is 5.91 Å². The summed E-state index contributed by atoms with van der Waals surface area (Å²) in [6.07, 6.45) is 51.8. The number of aliphatic hydroxyl groups is 1. The van der Waals surface area contributed by atoms with Crippen molar-refractivity contribution < 1.29 is 22.9 Å². The zero-order valence-electron chi connectivity index (χ0n) is 35.2. The number of carbonyl (C=O) groups excluding carboxylic acids is 1. The van der Waals surface area contributed by atoms with Crippen LogP contribution in [0.15, 0.2) is 24.3 Å². The summed E-state index contributed by atoms with van der Waals surface area (Å²) in [4.78, 5) is 12.5. The Labute approximate surface area is 330 Å². The Bertz CT molecular complexity index is 934. The molecule has 314 valence electrons. The smallest absolute Gasteiger partial charge is 0.267 e. The predicted molar refractivity (Wildman–Crippen MR) is 230 cm³/mol. The average molecular weight is 768 g/mol. The van der Waals surface area contributed by atoms with Gasteiger partial charge in [-0.15, -0.1) is 0 Å². The quantitative estimate of drug-likeness (QED) is 0.0326. The van der Waals surface area contributed by atoms with Crippen molar-refractivity contribution in [2.75, 3.05) is 5.75 Å². The maximum absolute atomic E-state index is 12.5. The van der Waals surface area contributed by atoms with Crippen LogP contribution in [0, 0.1) is 0 Å². The monoisotopic (exact) mass is 768 g/mol. The Hall–Kier alpha value is -1.18. The van der Waals surface area contributed by atoms with E-state index in [0.717, 1.165) is 38.5 Å². The molecule has 0 saturated carbocycles. The largest absolute Gasteiger partial charge is 0.387 e. The number of carbonyl (C=O) groups is 1. The second kappa shape index (κ2) is 40.5. The van der Waals surface area contributed by atoms with Crippen molar-refractivity contribution in [3.63, 3.8) is 0 Å². The van der Waals surface area contributed by atoms with Crippen molar-refractivity contribution >= 4 is 16.0 Å². The van der Waals surface area contributed by atoms with Gasteiger partial charge in [-0.2, -0.15) is 8.42 Å². The van der Waals surface area contributed by atoms with Crippen molar-refractivity contribution in [1.82, 2.24) is 5.32 Å². The molecule has 3 N–H and O–H groups in total. The van der Waals surface area contributed by atoms with Gasteiger partial charge < -0.3 is 10.4 Å². The summed E-state index contributed by atoms with van der Waals surface area (Å²) in [7, 11) is -4.35. The molecule has 53 heavy (non-hydrogen) atoms. The lowest BCUT2D eigenvalue weighted by molar-refractivity contribution is -0.122. The number of amides is 1. The number of aliphatic hydroxyl groups excluding tert-OH is 1. The highest BCUT2D eigenvalue weighted by Crippen LogP contribution is 2.16. The first kappa shape index (κ1) is 51.8. The third-order valence-electron chi connectivity index (χ3n) is 10.6. The van der Waals surface area contributed by atoms with Crippen molar-refractivity contribution in [3.05, 3.63) is 24.3 Å². The Balaban J connectivity index is 3.81. The standard InChI is InChI=1S/C46H89NO5S/c1-3-5-7-9-11-13-15-17-19-20-21-22-23-24-25-26-28-30-32-34-36-38-40-42-46(49)47-44(43-53(50,51)52)45(48)41-39-37-35-33-31-29-27-18-16-14-12-10-8-6-4-2/h31,33,39,41,44-45,48H,3-30,32,34-38,40,42-43H2,1-2H3,(H,47,49)(H,50,51,52)/b33-31+,41-39+. The molecule has 0 fully saturated rings. The van der Waals surface area contributed by atoms with E-state index in [-0.39, 0.29) is 5.91 Å². The molecular weight excluding hydrogens is 679 g/mol. The van der Waals surface area contributed by atoms with Crippen LogP contribution in [0.2, 0.25) is 0 Å². The van der Waals surface area contributed by atoms with Crippen LogP contribution in [0.5, 0.6) is 0 Å². The van der Waals surface area contributed by atoms with Crippen molar-refractivity contribution in [1.29, 1.82) is 0 Å². The molecule has 0 aliphatic rings. The molecule has 2 unspecified atom stereocenters. The molecule has 0 aromatic heterocycles. The molecule has 0 radical (unpaired) electrons. The van der Waals surface area contributed by atoms with Gasteiger partial charge >= 0.3 is 0 Å². The lowest BCUT2D eigenvalue weighted by Crippen LogP contribution is -2.46. The molecule has 0 aromatic rings. The van der Waals surface area contributed by atoms with Gasteiger partial charge in [-0.05, 0) is 32.1 Å². The number of hydrogen-bond acceptors (Lipinski definition) is 4. The zero-order valence-corrected chi connectivity index (χ0v) is 36.0. The molecule has 0 aliphatic heterocycles. The third kappa shape index (κ3) is 41.8. The molecule has 2 atom stereocenters. The first-order valence-electron chi connectivity index (χ1n) is 23.0. The zero-order chi connectivity index (χ0) is 38.9. The molecule has 0 aliphatic carbocycles. The number of unbranched alkanes of at least 4 members (excludes halogenated alkanes) is 32. The van der Waals surface area contributed by atoms with Gasteiger partial charge in [0.05, 0.1) is 17.9 Å². The van der Waals surface area contributed by atoms with Gasteiger partial charge in [-0.3, -0.25) is 9.35 Å². The molecule has 0 spiro atoms. The van der Waals surface area contributed by atoms with Crippen LogP contribution in [0.3, 0.4) is 0 Å². The molecule has 6 nitrogen and oxygen atoms in total. The molecule has 1 amide bonds. The molecule has 0 aromatic carbocycles. The highest BCUT2D eigenvalue weighted by atomic mass is 32.2. The third-order valence-corrected chi connectivity index (χ3v) is 11.4. The van der Waals surface area contributed by atoms with E-state index in [2.05, 4.69) is 31.3 Å². The van der Waals surface area contributed by atoms with Gasteiger partial charge in [0.25, 0.3) is 10.1 Å². The molecule has 7 heteroatoms. The summed E-state index contributed by atoms with van der Waals surface area (Å²) in [6.45, 7) is 4.54. The van der Waals surface area contributed by atoms with Gasteiger partial charge in [-0.25, -0.2) is 0 Å². The minimum Gasteiger partial charge on any atom is -0.387 e. The Morgan fingerprint density at radius 3 is 1.19 bits per heavy atom. The van der Waals surface area contributed by atoms with E-state index in [1.54, 1.807) is 0 Å². The number of hydrogen-bond donors (Lipinski definition) is 3. The van der Waals surface area contributed by atoms with Crippen molar-refractivity contribution in [2.45, 2.75) is 257 Å². The fourth-order valence-electron chi connectivity index (χ4n) is 7.17. The molecular formula is C46H89NO5S. The Kier molecular flexibility index (Phi) is 39.6. The van der Waals surface area contributed by atoms with E-state index < -0.39 is 28.0 Å². The van der Waals surface area contributed by atoms with Crippen LogP contribution in [0.25, 0.3) is 0 Å². The van der Waals surface area contributed by atoms with Gasteiger partial charge in [0, 0.05) is 6.42 Å². The molecule has 0 bridgehead atoms. The van der Waals surface area contributed by atoms with Crippen LogP contribution >= 0.6 is 0 Å². The summed E-state index contributed by atoms with van der Waals surface area (Å²) in [5.74, 6) is -0.989. The Morgan fingerprint density at radius 1 is 0.491 bits per heavy atom. The molecule has 0 saturated heterocycles. The minimum atomic E-state index is -4.35. The van der Waals surface area contributed by atoms with Crippen LogP contribution in [-0.2, 0) is 14.9 Å². The second-order valence-corrected chi connectivity index (χ2v) is 17.5. The molecule has 0 heterocycles. The first-order valence-corrected chi connectivity index (χ1v) is 24.6. The summed E-state index contributed by atoms with van der Waals surface area (Å²) >= 11 is 0. The average Bonchev–Trinajstić information content (AvgIpc) is 3.12. The van der Waals surface area contributed by atoms with E-state index in [4.69, 9.17) is 0 Å². The van der Waals surface area contributed by atoms with Crippen LogP contribution in [-0.4, -0.2) is 41.9 Å².